The largest absolute Gasteiger partial charge is 0.496 e. The van der Waals surface area contributed by atoms with E-state index in [0.29, 0.717) is 17.7 Å². The van der Waals surface area contributed by atoms with Crippen LogP contribution in [0.25, 0.3) is 0 Å². The van der Waals surface area contributed by atoms with Gasteiger partial charge in [0.15, 0.2) is 0 Å². The molecule has 0 aliphatic carbocycles. The number of carbonyl (C=O) groups is 1. The van der Waals surface area contributed by atoms with Gasteiger partial charge in [-0.15, -0.1) is 0 Å². The summed E-state index contributed by atoms with van der Waals surface area (Å²) in [5.41, 5.74) is -3.79. The summed E-state index contributed by atoms with van der Waals surface area (Å²) >= 11 is 0. The van der Waals surface area contributed by atoms with Crippen LogP contribution in [0.15, 0.2) is 18.2 Å². The molecule has 2 N–H and O–H groups in total. The molecule has 0 fully saturated rings. The van der Waals surface area contributed by atoms with Gasteiger partial charge in [0.2, 0.25) is 0 Å². The number of methoxy groups -OCH3 is 1. The molecule has 0 amide bonds. The van der Waals surface area contributed by atoms with Crippen LogP contribution in [-0.4, -0.2) is 35.1 Å². The van der Waals surface area contributed by atoms with Crippen molar-refractivity contribution < 1.29 is 32.9 Å². The van der Waals surface area contributed by atoms with Crippen LogP contribution in [-0.2, 0) is 10.2 Å². The first kappa shape index (κ1) is 22.3. The molecule has 1 rings (SSSR count). The van der Waals surface area contributed by atoms with E-state index in [1.165, 1.54) is 14.0 Å². The highest BCUT2D eigenvalue weighted by Gasteiger charge is 2.62. The molecule has 0 radical (unpaired) electrons. The monoisotopic (exact) mass is 376 g/mol. The summed E-state index contributed by atoms with van der Waals surface area (Å²) < 4.78 is 45.6. The molecule has 148 valence electrons. The van der Waals surface area contributed by atoms with Gasteiger partial charge in [-0.25, -0.2) is 4.79 Å². The minimum absolute atomic E-state index is 0.0664. The molecule has 1 aromatic carbocycles. The van der Waals surface area contributed by atoms with Crippen LogP contribution in [0.2, 0.25) is 0 Å². The lowest BCUT2D eigenvalue weighted by molar-refractivity contribution is -0.266. The molecule has 26 heavy (non-hydrogen) atoms. The third-order valence-electron chi connectivity index (χ3n) is 4.79. The average molecular weight is 376 g/mol. The quantitative estimate of drug-likeness (QED) is 0.693. The van der Waals surface area contributed by atoms with Gasteiger partial charge in [-0.05, 0) is 23.3 Å². The third kappa shape index (κ3) is 4.14. The molecule has 0 bridgehead atoms. The summed E-state index contributed by atoms with van der Waals surface area (Å²) in [6.07, 6.45) is -5.52. The standard InChI is InChI=1S/C19H27F3O4/c1-6-10-17(4,11-18(25,16(23)24)19(20,21)22)14-9-7-8-13(12(2)3)15(14)26-5/h7-9,12,25H,6,10-11H2,1-5H3,(H,23,24). The van der Waals surface area contributed by atoms with Crippen molar-refractivity contribution in [1.82, 2.24) is 0 Å². The van der Waals surface area contributed by atoms with Crippen molar-refractivity contribution in [2.45, 2.75) is 70.1 Å². The first-order valence-corrected chi connectivity index (χ1v) is 8.54. The van der Waals surface area contributed by atoms with Crippen LogP contribution >= 0.6 is 0 Å². The second-order valence-electron chi connectivity index (χ2n) is 7.23. The highest BCUT2D eigenvalue weighted by atomic mass is 19.4. The fourth-order valence-corrected chi connectivity index (χ4v) is 3.44. The van der Waals surface area contributed by atoms with E-state index < -0.39 is 29.6 Å². The Labute approximate surface area is 152 Å². The molecule has 2 atom stereocenters. The van der Waals surface area contributed by atoms with Gasteiger partial charge < -0.3 is 14.9 Å². The number of benzene rings is 1. The molecule has 4 nitrogen and oxygen atoms in total. The zero-order valence-electron chi connectivity index (χ0n) is 15.8. The van der Waals surface area contributed by atoms with Crippen molar-refractivity contribution in [2.75, 3.05) is 7.11 Å². The van der Waals surface area contributed by atoms with Crippen LogP contribution < -0.4 is 4.74 Å². The van der Waals surface area contributed by atoms with Crippen LogP contribution in [0.3, 0.4) is 0 Å². The second kappa shape index (κ2) is 7.86. The summed E-state index contributed by atoms with van der Waals surface area (Å²) in [4.78, 5) is 11.3. The third-order valence-corrected chi connectivity index (χ3v) is 4.79. The molecule has 7 heteroatoms. The van der Waals surface area contributed by atoms with E-state index in [1.807, 2.05) is 19.9 Å². The summed E-state index contributed by atoms with van der Waals surface area (Å²) in [5.74, 6) is -1.79. The Morgan fingerprint density at radius 3 is 2.23 bits per heavy atom. The fourth-order valence-electron chi connectivity index (χ4n) is 3.44. The zero-order valence-corrected chi connectivity index (χ0v) is 15.8. The number of alkyl halides is 3. The zero-order chi connectivity index (χ0) is 20.3. The molecule has 0 spiro atoms. The fraction of sp³-hybridized carbons (Fsp3) is 0.632. The maximum atomic E-state index is 13.4. The van der Waals surface area contributed by atoms with Gasteiger partial charge >= 0.3 is 12.1 Å². The smallest absolute Gasteiger partial charge is 0.428 e. The molecule has 0 saturated heterocycles. The number of carboxylic acid groups (broad SMARTS) is 1. The number of carboxylic acids is 1. The topological polar surface area (TPSA) is 66.8 Å². The van der Waals surface area contributed by atoms with E-state index in [0.717, 1.165) is 5.56 Å². The first-order chi connectivity index (χ1) is 11.8. The SMILES string of the molecule is CCCC(C)(CC(O)(C(=O)O)C(F)(F)F)c1cccc(C(C)C)c1OC. The summed E-state index contributed by atoms with van der Waals surface area (Å²) in [6.45, 7) is 7.20. The molecule has 0 saturated carbocycles. The number of aliphatic hydroxyl groups is 1. The molecular formula is C19H27F3O4. The van der Waals surface area contributed by atoms with Crippen molar-refractivity contribution in [3.63, 3.8) is 0 Å². The molecule has 1 aromatic rings. The van der Waals surface area contributed by atoms with Gasteiger partial charge in [0, 0.05) is 12.0 Å². The predicted octanol–water partition coefficient (Wildman–Crippen LogP) is 4.64. The van der Waals surface area contributed by atoms with Gasteiger partial charge in [0.25, 0.3) is 5.60 Å². The average Bonchev–Trinajstić information content (AvgIpc) is 2.52. The maximum absolute atomic E-state index is 13.4. The Hall–Kier alpha value is -1.76. The number of hydrogen-bond acceptors (Lipinski definition) is 3. The summed E-state index contributed by atoms with van der Waals surface area (Å²) in [5, 5.41) is 19.1. The second-order valence-corrected chi connectivity index (χ2v) is 7.23. The Morgan fingerprint density at radius 1 is 1.27 bits per heavy atom. The minimum Gasteiger partial charge on any atom is -0.496 e. The van der Waals surface area contributed by atoms with E-state index in [2.05, 4.69) is 0 Å². The van der Waals surface area contributed by atoms with Gasteiger partial charge in [-0.1, -0.05) is 52.3 Å². The van der Waals surface area contributed by atoms with Gasteiger partial charge in [-0.3, -0.25) is 0 Å². The Kier molecular flexibility index (Phi) is 6.74. The minimum atomic E-state index is -5.29. The van der Waals surface area contributed by atoms with Gasteiger partial charge in [0.1, 0.15) is 5.75 Å². The first-order valence-electron chi connectivity index (χ1n) is 8.54. The van der Waals surface area contributed by atoms with E-state index in [1.54, 1.807) is 19.1 Å². The number of hydrogen-bond donors (Lipinski definition) is 2. The summed E-state index contributed by atoms with van der Waals surface area (Å²) in [7, 11) is 1.43. The van der Waals surface area contributed by atoms with Gasteiger partial charge in [-0.2, -0.15) is 13.2 Å². The molecule has 0 aliphatic heterocycles. The van der Waals surface area contributed by atoms with E-state index in [9.17, 15) is 23.1 Å². The van der Waals surface area contributed by atoms with Crippen LogP contribution in [0.4, 0.5) is 13.2 Å². The van der Waals surface area contributed by atoms with Crippen molar-refractivity contribution in [2.24, 2.45) is 0 Å². The Balaban J connectivity index is 3.61. The van der Waals surface area contributed by atoms with Crippen molar-refractivity contribution in [3.05, 3.63) is 29.3 Å². The van der Waals surface area contributed by atoms with Crippen molar-refractivity contribution in [1.29, 1.82) is 0 Å². The number of rotatable bonds is 8. The molecular weight excluding hydrogens is 349 g/mol. The number of ether oxygens (including phenoxy) is 1. The number of para-hydroxylation sites is 1. The van der Waals surface area contributed by atoms with E-state index >= 15 is 0 Å². The lowest BCUT2D eigenvalue weighted by Gasteiger charge is -2.38. The van der Waals surface area contributed by atoms with Gasteiger partial charge in [0.05, 0.1) is 7.11 Å². The molecule has 0 aliphatic rings. The number of halogens is 3. The number of aliphatic carboxylic acids is 1. The van der Waals surface area contributed by atoms with Crippen molar-refractivity contribution >= 4 is 5.97 Å². The predicted molar refractivity (Wildman–Crippen MR) is 92.6 cm³/mol. The van der Waals surface area contributed by atoms with Crippen LogP contribution in [0.5, 0.6) is 5.75 Å². The lowest BCUT2D eigenvalue weighted by atomic mass is 9.69. The highest BCUT2D eigenvalue weighted by Crippen LogP contribution is 2.47. The van der Waals surface area contributed by atoms with Crippen molar-refractivity contribution in [3.8, 4) is 5.75 Å². The summed E-state index contributed by atoms with van der Waals surface area (Å²) in [6, 6.07) is 5.18. The Bertz CT molecular complexity index is 642. The normalized spacial score (nSPS) is 16.8. The maximum Gasteiger partial charge on any atom is 0.428 e. The highest BCUT2D eigenvalue weighted by molar-refractivity contribution is 5.78. The van der Waals surface area contributed by atoms with E-state index in [-0.39, 0.29) is 12.3 Å². The molecule has 0 heterocycles. The molecule has 2 unspecified atom stereocenters. The van der Waals surface area contributed by atoms with E-state index in [4.69, 9.17) is 9.84 Å². The Morgan fingerprint density at radius 2 is 1.85 bits per heavy atom. The molecule has 0 aromatic heterocycles. The lowest BCUT2D eigenvalue weighted by Crippen LogP contribution is -2.55. The van der Waals surface area contributed by atoms with Crippen LogP contribution in [0.1, 0.15) is 64.0 Å². The van der Waals surface area contributed by atoms with Crippen LogP contribution in [0, 0.1) is 0 Å².